The largest absolute Gasteiger partial charge is 0.497 e. The molecule has 5 nitrogen and oxygen atoms in total. The molecule has 2 heterocycles. The highest BCUT2D eigenvalue weighted by Gasteiger charge is 2.33. The molecule has 1 aliphatic rings. The van der Waals surface area contributed by atoms with E-state index in [2.05, 4.69) is 49.2 Å². The molecule has 1 aliphatic heterocycles. The van der Waals surface area contributed by atoms with Gasteiger partial charge in [0.25, 0.3) is 0 Å². The van der Waals surface area contributed by atoms with Crippen LogP contribution in [0.2, 0.25) is 0 Å². The van der Waals surface area contributed by atoms with Crippen LogP contribution in [0.15, 0.2) is 67.0 Å². The molecular formula is C26H25N3O2. The van der Waals surface area contributed by atoms with Gasteiger partial charge in [0.05, 0.1) is 12.7 Å². The number of nitrogens with one attached hydrogen (secondary N) is 1. The van der Waals surface area contributed by atoms with Crippen molar-refractivity contribution in [3.63, 3.8) is 0 Å². The first kappa shape index (κ1) is 19.4. The number of fused-ring (bicyclic) bond motifs is 4. The molecule has 31 heavy (non-hydrogen) atoms. The summed E-state index contributed by atoms with van der Waals surface area (Å²) in [5.74, 6) is 2.36. The molecule has 0 spiro atoms. The van der Waals surface area contributed by atoms with Crippen molar-refractivity contribution in [1.82, 2.24) is 9.55 Å². The molecular weight excluding hydrogens is 386 g/mol. The third-order valence-electron chi connectivity index (χ3n) is 5.81. The Kier molecular flexibility index (Phi) is 4.74. The van der Waals surface area contributed by atoms with E-state index in [9.17, 15) is 0 Å². The van der Waals surface area contributed by atoms with Crippen LogP contribution in [0.1, 0.15) is 36.5 Å². The highest BCUT2D eigenvalue weighted by molar-refractivity contribution is 5.90. The number of aromatic nitrogens is 2. The number of ether oxygens (including phenoxy) is 2. The summed E-state index contributed by atoms with van der Waals surface area (Å²) in [4.78, 5) is 4.62. The molecule has 3 aromatic carbocycles. The zero-order valence-corrected chi connectivity index (χ0v) is 17.9. The average molecular weight is 412 g/mol. The van der Waals surface area contributed by atoms with Crippen LogP contribution in [0, 0.1) is 11.3 Å². The fourth-order valence-electron chi connectivity index (χ4n) is 4.42. The van der Waals surface area contributed by atoms with Gasteiger partial charge in [-0.2, -0.15) is 0 Å². The molecule has 156 valence electrons. The second kappa shape index (κ2) is 7.58. The lowest BCUT2D eigenvalue weighted by Gasteiger charge is -2.30. The summed E-state index contributed by atoms with van der Waals surface area (Å²) < 4.78 is 13.5. The van der Waals surface area contributed by atoms with Crippen LogP contribution in [-0.4, -0.2) is 16.7 Å². The van der Waals surface area contributed by atoms with Gasteiger partial charge in [-0.05, 0) is 40.5 Å². The predicted octanol–water partition coefficient (Wildman–Crippen LogP) is 5.47. The summed E-state index contributed by atoms with van der Waals surface area (Å²) in [5.41, 5.74) is 3.41. The molecule has 0 fully saturated rings. The first-order valence-electron chi connectivity index (χ1n) is 10.5. The van der Waals surface area contributed by atoms with Gasteiger partial charge in [-0.1, -0.05) is 56.3 Å². The van der Waals surface area contributed by atoms with E-state index < -0.39 is 0 Å². The second-order valence-electron chi connectivity index (χ2n) is 8.36. The number of hydrogen-bond acceptors (Lipinski definition) is 4. The van der Waals surface area contributed by atoms with E-state index in [1.807, 2.05) is 34.9 Å². The van der Waals surface area contributed by atoms with E-state index in [0.29, 0.717) is 17.3 Å². The normalized spacial score (nSPS) is 14.8. The van der Waals surface area contributed by atoms with Crippen molar-refractivity contribution in [3.8, 4) is 17.4 Å². The maximum absolute atomic E-state index is 9.04. The lowest BCUT2D eigenvalue weighted by molar-refractivity contribution is 0.412. The summed E-state index contributed by atoms with van der Waals surface area (Å²) in [5, 5.41) is 11.3. The minimum Gasteiger partial charge on any atom is -0.497 e. The zero-order chi connectivity index (χ0) is 21.5. The Morgan fingerprint density at radius 2 is 1.81 bits per heavy atom. The molecule has 1 aromatic heterocycles. The molecule has 5 heteroatoms. The van der Waals surface area contributed by atoms with E-state index >= 15 is 0 Å². The SMILES string of the molecule is COc1ccc([C@@H]2c3c(ncn(CC(C)C)c3=N)Oc3ccc4ccccc4c32)cc1. The van der Waals surface area contributed by atoms with Crippen LogP contribution in [-0.2, 0) is 6.54 Å². The van der Waals surface area contributed by atoms with Crippen molar-refractivity contribution in [1.29, 1.82) is 5.41 Å². The van der Waals surface area contributed by atoms with Crippen LogP contribution in [0.4, 0.5) is 0 Å². The van der Waals surface area contributed by atoms with Gasteiger partial charge in [-0.15, -0.1) is 0 Å². The maximum atomic E-state index is 9.04. The zero-order valence-electron chi connectivity index (χ0n) is 17.9. The van der Waals surface area contributed by atoms with Crippen molar-refractivity contribution in [2.24, 2.45) is 5.92 Å². The highest BCUT2D eigenvalue weighted by Crippen LogP contribution is 2.48. The monoisotopic (exact) mass is 411 g/mol. The molecule has 0 unspecified atom stereocenters. The second-order valence-corrected chi connectivity index (χ2v) is 8.36. The average Bonchev–Trinajstić information content (AvgIpc) is 2.79. The van der Waals surface area contributed by atoms with Crippen LogP contribution in [0.25, 0.3) is 10.8 Å². The van der Waals surface area contributed by atoms with E-state index in [1.165, 1.54) is 0 Å². The first-order chi connectivity index (χ1) is 15.1. The summed E-state index contributed by atoms with van der Waals surface area (Å²) in [6.07, 6.45) is 1.72. The van der Waals surface area contributed by atoms with Crippen molar-refractivity contribution in [2.75, 3.05) is 7.11 Å². The summed E-state index contributed by atoms with van der Waals surface area (Å²) >= 11 is 0. The number of benzene rings is 3. The number of rotatable bonds is 4. The Balaban J connectivity index is 1.81. The molecule has 0 radical (unpaired) electrons. The molecule has 1 N–H and O–H groups in total. The van der Waals surface area contributed by atoms with Crippen molar-refractivity contribution < 1.29 is 9.47 Å². The van der Waals surface area contributed by atoms with Crippen LogP contribution in [0.5, 0.6) is 17.4 Å². The van der Waals surface area contributed by atoms with Gasteiger partial charge in [-0.3, -0.25) is 5.41 Å². The van der Waals surface area contributed by atoms with Gasteiger partial charge >= 0.3 is 0 Å². The fraction of sp³-hybridized carbons (Fsp3) is 0.231. The fourth-order valence-corrected chi connectivity index (χ4v) is 4.42. The van der Waals surface area contributed by atoms with Gasteiger partial charge in [0.2, 0.25) is 5.88 Å². The molecule has 0 saturated carbocycles. The van der Waals surface area contributed by atoms with E-state index in [4.69, 9.17) is 14.9 Å². The quantitative estimate of drug-likeness (QED) is 0.427. The molecule has 0 saturated heterocycles. The molecule has 0 amide bonds. The molecule has 0 aliphatic carbocycles. The standard InChI is InChI=1S/C26H25N3O2/c1-16(2)14-29-15-28-26-24(25(29)27)22(18-8-11-19(30-3)12-9-18)23-20-7-5-4-6-17(20)10-13-21(23)31-26/h4-13,15-16,22,27H,14H2,1-3H3/t22-/m0/s1. The summed E-state index contributed by atoms with van der Waals surface area (Å²) in [6.45, 7) is 5.02. The first-order valence-corrected chi connectivity index (χ1v) is 10.5. The third-order valence-corrected chi connectivity index (χ3v) is 5.81. The van der Waals surface area contributed by atoms with Crippen molar-refractivity contribution in [2.45, 2.75) is 26.3 Å². The molecule has 0 bridgehead atoms. The topological polar surface area (TPSA) is 60.1 Å². The highest BCUT2D eigenvalue weighted by atomic mass is 16.5. The Labute approximate surface area is 181 Å². The van der Waals surface area contributed by atoms with Gasteiger partial charge < -0.3 is 14.0 Å². The minimum atomic E-state index is -0.157. The Hall–Kier alpha value is -3.60. The summed E-state index contributed by atoms with van der Waals surface area (Å²) in [6, 6.07) is 20.5. The minimum absolute atomic E-state index is 0.157. The predicted molar refractivity (Wildman–Crippen MR) is 121 cm³/mol. The maximum Gasteiger partial charge on any atom is 0.228 e. The van der Waals surface area contributed by atoms with Gasteiger partial charge in [-0.25, -0.2) is 4.98 Å². The third kappa shape index (κ3) is 3.26. The smallest absolute Gasteiger partial charge is 0.228 e. The Morgan fingerprint density at radius 1 is 1.03 bits per heavy atom. The van der Waals surface area contributed by atoms with Crippen molar-refractivity contribution >= 4 is 10.8 Å². The Morgan fingerprint density at radius 3 is 2.55 bits per heavy atom. The lowest BCUT2D eigenvalue weighted by Crippen LogP contribution is -2.31. The number of methoxy groups -OCH3 is 1. The number of hydrogen-bond donors (Lipinski definition) is 1. The lowest BCUT2D eigenvalue weighted by atomic mass is 9.81. The van der Waals surface area contributed by atoms with E-state index in [-0.39, 0.29) is 5.92 Å². The van der Waals surface area contributed by atoms with Gasteiger partial charge in [0.1, 0.15) is 23.3 Å². The molecule has 1 atom stereocenters. The van der Waals surface area contributed by atoms with Crippen molar-refractivity contribution in [3.05, 3.63) is 89.2 Å². The van der Waals surface area contributed by atoms with Crippen LogP contribution in [0.3, 0.4) is 0 Å². The van der Waals surface area contributed by atoms with E-state index in [0.717, 1.165) is 45.5 Å². The van der Waals surface area contributed by atoms with Crippen LogP contribution < -0.4 is 15.0 Å². The number of nitrogens with zero attached hydrogens (tertiary/aromatic N) is 2. The van der Waals surface area contributed by atoms with E-state index in [1.54, 1.807) is 13.4 Å². The van der Waals surface area contributed by atoms with Gasteiger partial charge in [0.15, 0.2) is 0 Å². The molecule has 5 rings (SSSR count). The van der Waals surface area contributed by atoms with Crippen LogP contribution >= 0.6 is 0 Å². The van der Waals surface area contributed by atoms with Gasteiger partial charge in [0, 0.05) is 18.0 Å². The Bertz CT molecular complexity index is 1320. The summed E-state index contributed by atoms with van der Waals surface area (Å²) in [7, 11) is 1.67. The molecule has 4 aromatic rings.